The molecule has 1 rings (SSSR count). The van der Waals surface area contributed by atoms with E-state index in [-0.39, 0.29) is 0 Å². The molecule has 0 heterocycles. The number of nitrogens with two attached hydrogens (primary N) is 1. The second-order valence-electron chi connectivity index (χ2n) is 4.86. The number of phenols is 1. The van der Waals surface area contributed by atoms with Crippen molar-refractivity contribution in [3.05, 3.63) is 29.8 Å². The molecule has 3 heteroatoms. The molecule has 0 spiro atoms. The van der Waals surface area contributed by atoms with Crippen molar-refractivity contribution in [2.45, 2.75) is 20.3 Å². The van der Waals surface area contributed by atoms with Crippen LogP contribution < -0.4 is 11.1 Å². The Labute approximate surface area is 104 Å². The summed E-state index contributed by atoms with van der Waals surface area (Å²) in [5, 5.41) is 12.6. The second-order valence-corrected chi connectivity index (χ2v) is 4.86. The van der Waals surface area contributed by atoms with Crippen LogP contribution in [0.3, 0.4) is 0 Å². The molecule has 1 aromatic carbocycles. The van der Waals surface area contributed by atoms with Crippen molar-refractivity contribution in [1.29, 1.82) is 0 Å². The van der Waals surface area contributed by atoms with Crippen molar-refractivity contribution in [1.82, 2.24) is 5.32 Å². The van der Waals surface area contributed by atoms with Gasteiger partial charge in [-0.2, -0.15) is 0 Å². The van der Waals surface area contributed by atoms with Crippen LogP contribution in [0.1, 0.15) is 19.4 Å². The van der Waals surface area contributed by atoms with E-state index in [1.807, 2.05) is 12.1 Å². The second kappa shape index (κ2) is 7.30. The van der Waals surface area contributed by atoms with Crippen LogP contribution >= 0.6 is 0 Å². The van der Waals surface area contributed by atoms with E-state index < -0.39 is 0 Å². The number of rotatable bonds is 7. The van der Waals surface area contributed by atoms with Gasteiger partial charge in [-0.15, -0.1) is 0 Å². The molecule has 0 amide bonds. The van der Waals surface area contributed by atoms with Crippen molar-refractivity contribution in [3.63, 3.8) is 0 Å². The molecule has 0 saturated carbocycles. The van der Waals surface area contributed by atoms with Gasteiger partial charge in [0.2, 0.25) is 0 Å². The first-order chi connectivity index (χ1) is 8.13. The Morgan fingerprint density at radius 1 is 1.24 bits per heavy atom. The predicted octanol–water partition coefficient (Wildman–Crippen LogP) is 1.76. The van der Waals surface area contributed by atoms with Gasteiger partial charge in [-0.25, -0.2) is 0 Å². The summed E-state index contributed by atoms with van der Waals surface area (Å²) in [4.78, 5) is 0. The maximum Gasteiger partial charge on any atom is 0.115 e. The van der Waals surface area contributed by atoms with Crippen LogP contribution in [-0.2, 0) is 6.42 Å². The van der Waals surface area contributed by atoms with Crippen LogP contribution in [0.2, 0.25) is 0 Å². The zero-order valence-corrected chi connectivity index (χ0v) is 10.8. The highest BCUT2D eigenvalue weighted by Crippen LogP contribution is 2.10. The van der Waals surface area contributed by atoms with Gasteiger partial charge in [-0.1, -0.05) is 26.0 Å². The van der Waals surface area contributed by atoms with Gasteiger partial charge in [0, 0.05) is 0 Å². The van der Waals surface area contributed by atoms with E-state index in [2.05, 4.69) is 19.2 Å². The minimum atomic E-state index is 0.324. The Kier molecular flexibility index (Phi) is 6.01. The lowest BCUT2D eigenvalue weighted by Gasteiger charge is -2.19. The van der Waals surface area contributed by atoms with Crippen molar-refractivity contribution < 1.29 is 5.11 Å². The molecule has 0 aliphatic carbocycles. The SMILES string of the molecule is CC(C)C(CN)CNCCc1ccc(O)cc1. The van der Waals surface area contributed by atoms with Crippen LogP contribution in [-0.4, -0.2) is 24.7 Å². The first kappa shape index (κ1) is 14.0. The summed E-state index contributed by atoms with van der Waals surface area (Å²) < 4.78 is 0. The minimum Gasteiger partial charge on any atom is -0.508 e. The normalized spacial score (nSPS) is 12.9. The highest BCUT2D eigenvalue weighted by Gasteiger charge is 2.09. The monoisotopic (exact) mass is 236 g/mol. The average Bonchev–Trinajstić information content (AvgIpc) is 2.31. The molecule has 0 aliphatic heterocycles. The molecule has 96 valence electrons. The Hall–Kier alpha value is -1.06. The van der Waals surface area contributed by atoms with Gasteiger partial charge in [0.15, 0.2) is 0 Å². The van der Waals surface area contributed by atoms with E-state index >= 15 is 0 Å². The Balaban J connectivity index is 2.22. The van der Waals surface area contributed by atoms with Gasteiger partial charge < -0.3 is 16.2 Å². The molecule has 0 saturated heterocycles. The van der Waals surface area contributed by atoms with E-state index in [9.17, 15) is 0 Å². The molecular weight excluding hydrogens is 212 g/mol. The average molecular weight is 236 g/mol. The van der Waals surface area contributed by atoms with Gasteiger partial charge in [0.25, 0.3) is 0 Å². The smallest absolute Gasteiger partial charge is 0.115 e. The fraction of sp³-hybridized carbons (Fsp3) is 0.571. The summed E-state index contributed by atoms with van der Waals surface area (Å²) in [5.41, 5.74) is 6.96. The molecule has 1 unspecified atom stereocenters. The lowest BCUT2D eigenvalue weighted by Crippen LogP contribution is -2.32. The maximum atomic E-state index is 9.16. The summed E-state index contributed by atoms with van der Waals surface area (Å²) in [7, 11) is 0. The van der Waals surface area contributed by atoms with E-state index in [1.54, 1.807) is 12.1 Å². The maximum absolute atomic E-state index is 9.16. The van der Waals surface area contributed by atoms with Crippen LogP contribution in [0.25, 0.3) is 0 Å². The molecule has 0 aromatic heterocycles. The number of phenolic OH excluding ortho intramolecular Hbond substituents is 1. The Morgan fingerprint density at radius 2 is 1.88 bits per heavy atom. The molecule has 4 N–H and O–H groups in total. The van der Waals surface area contributed by atoms with Gasteiger partial charge in [-0.05, 0) is 55.6 Å². The van der Waals surface area contributed by atoms with Crippen LogP contribution in [0.4, 0.5) is 0 Å². The molecule has 0 aliphatic rings. The molecular formula is C14H24N2O. The van der Waals surface area contributed by atoms with Crippen molar-refractivity contribution in [2.75, 3.05) is 19.6 Å². The summed E-state index contributed by atoms with van der Waals surface area (Å²) in [6, 6.07) is 7.37. The van der Waals surface area contributed by atoms with Gasteiger partial charge in [0.05, 0.1) is 0 Å². The fourth-order valence-corrected chi connectivity index (χ4v) is 1.77. The van der Waals surface area contributed by atoms with Gasteiger partial charge >= 0.3 is 0 Å². The standard InChI is InChI=1S/C14H24N2O/c1-11(2)13(9-15)10-16-8-7-12-3-5-14(17)6-4-12/h3-6,11,13,16-17H,7-10,15H2,1-2H3. The van der Waals surface area contributed by atoms with Crippen molar-refractivity contribution in [2.24, 2.45) is 17.6 Å². The number of hydrogen-bond acceptors (Lipinski definition) is 3. The van der Waals surface area contributed by atoms with Crippen LogP contribution in [0.15, 0.2) is 24.3 Å². The van der Waals surface area contributed by atoms with Crippen LogP contribution in [0.5, 0.6) is 5.75 Å². The zero-order chi connectivity index (χ0) is 12.7. The molecule has 0 fully saturated rings. The number of benzene rings is 1. The first-order valence-corrected chi connectivity index (χ1v) is 6.32. The van der Waals surface area contributed by atoms with Crippen LogP contribution in [0, 0.1) is 11.8 Å². The summed E-state index contributed by atoms with van der Waals surface area (Å²) in [6.45, 7) is 7.09. The topological polar surface area (TPSA) is 58.3 Å². The highest BCUT2D eigenvalue weighted by atomic mass is 16.3. The molecule has 0 radical (unpaired) electrons. The minimum absolute atomic E-state index is 0.324. The lowest BCUT2D eigenvalue weighted by molar-refractivity contribution is 0.372. The van der Waals surface area contributed by atoms with Gasteiger partial charge in [0.1, 0.15) is 5.75 Å². The number of nitrogens with one attached hydrogen (secondary N) is 1. The van der Waals surface area contributed by atoms with Crippen molar-refractivity contribution >= 4 is 0 Å². The third-order valence-corrected chi connectivity index (χ3v) is 3.18. The lowest BCUT2D eigenvalue weighted by atomic mass is 9.96. The van der Waals surface area contributed by atoms with Crippen molar-refractivity contribution in [3.8, 4) is 5.75 Å². The largest absolute Gasteiger partial charge is 0.508 e. The van der Waals surface area contributed by atoms with Gasteiger partial charge in [-0.3, -0.25) is 0 Å². The van der Waals surface area contributed by atoms with E-state index in [0.717, 1.165) is 26.1 Å². The predicted molar refractivity (Wildman–Crippen MR) is 72.1 cm³/mol. The molecule has 3 nitrogen and oxygen atoms in total. The summed E-state index contributed by atoms with van der Waals surface area (Å²) >= 11 is 0. The third kappa shape index (κ3) is 5.20. The third-order valence-electron chi connectivity index (χ3n) is 3.18. The highest BCUT2D eigenvalue weighted by molar-refractivity contribution is 5.25. The molecule has 1 atom stereocenters. The molecule has 1 aromatic rings. The Morgan fingerprint density at radius 3 is 2.41 bits per heavy atom. The van der Waals surface area contributed by atoms with E-state index in [1.165, 1.54) is 5.56 Å². The number of hydrogen-bond donors (Lipinski definition) is 3. The molecule has 17 heavy (non-hydrogen) atoms. The Bertz CT molecular complexity index is 309. The fourth-order valence-electron chi connectivity index (χ4n) is 1.77. The number of aromatic hydroxyl groups is 1. The van der Waals surface area contributed by atoms with E-state index in [0.29, 0.717) is 17.6 Å². The zero-order valence-electron chi connectivity index (χ0n) is 10.8. The summed E-state index contributed by atoms with van der Waals surface area (Å²) in [5.74, 6) is 1.50. The van der Waals surface area contributed by atoms with E-state index in [4.69, 9.17) is 10.8 Å². The first-order valence-electron chi connectivity index (χ1n) is 6.32. The molecule has 0 bridgehead atoms. The quantitative estimate of drug-likeness (QED) is 0.632. The summed E-state index contributed by atoms with van der Waals surface area (Å²) in [6.07, 6.45) is 0.982.